The molecule has 0 saturated carbocycles. The fraction of sp³-hybridized carbons (Fsp3) is 0.333. The molecule has 1 aromatic heterocycles. The normalized spacial score (nSPS) is 10.6. The molecule has 0 bridgehead atoms. The molecule has 0 aliphatic carbocycles. The number of nitrogens with zero attached hydrogens (tertiary/aromatic N) is 3. The molecule has 1 aromatic carbocycles. The predicted molar refractivity (Wildman–Crippen MR) is 115 cm³/mol. The van der Waals surface area contributed by atoms with Gasteiger partial charge in [0.05, 0.1) is 17.9 Å². The summed E-state index contributed by atoms with van der Waals surface area (Å²) in [7, 11) is 1.65. The van der Waals surface area contributed by atoms with E-state index in [2.05, 4.69) is 21.9 Å². The van der Waals surface area contributed by atoms with Crippen molar-refractivity contribution in [3.8, 4) is 5.75 Å². The fourth-order valence-corrected chi connectivity index (χ4v) is 2.59. The van der Waals surface area contributed by atoms with Crippen LogP contribution in [0.2, 0.25) is 0 Å². The quantitative estimate of drug-likeness (QED) is 0.406. The van der Waals surface area contributed by atoms with Crippen LogP contribution >= 0.6 is 0 Å². The van der Waals surface area contributed by atoms with E-state index in [-0.39, 0.29) is 34.5 Å². The van der Waals surface area contributed by atoms with Gasteiger partial charge in [-0.2, -0.15) is 0 Å². The van der Waals surface area contributed by atoms with Gasteiger partial charge in [-0.15, -0.1) is 0 Å². The highest BCUT2D eigenvalue weighted by Gasteiger charge is 2.18. The van der Waals surface area contributed by atoms with Crippen LogP contribution < -0.4 is 15.8 Å². The molecular weight excluding hydrogens is 387 g/mol. The summed E-state index contributed by atoms with van der Waals surface area (Å²) in [5.41, 5.74) is 6.49. The monoisotopic (exact) mass is 414 g/mol. The van der Waals surface area contributed by atoms with Gasteiger partial charge in [-0.1, -0.05) is 20.4 Å². The number of nitrogens with two attached hydrogens (primary N) is 1. The van der Waals surface area contributed by atoms with Gasteiger partial charge in [-0.05, 0) is 24.1 Å². The summed E-state index contributed by atoms with van der Waals surface area (Å²) >= 11 is 0. The molecule has 0 aliphatic rings. The summed E-state index contributed by atoms with van der Waals surface area (Å²) in [6, 6.07) is 4.09. The summed E-state index contributed by atoms with van der Waals surface area (Å²) in [6.45, 7) is 8.60. The first-order chi connectivity index (χ1) is 14.2. The van der Waals surface area contributed by atoms with Crippen LogP contribution in [0.1, 0.15) is 25.0 Å². The van der Waals surface area contributed by atoms with E-state index in [1.54, 1.807) is 13.1 Å². The molecule has 0 radical (unpaired) electrons. The van der Waals surface area contributed by atoms with Crippen molar-refractivity contribution in [3.63, 3.8) is 0 Å². The molecule has 2 aromatic rings. The highest BCUT2D eigenvalue weighted by molar-refractivity contribution is 6.16. The molecule has 0 saturated heterocycles. The van der Waals surface area contributed by atoms with Gasteiger partial charge < -0.3 is 20.7 Å². The summed E-state index contributed by atoms with van der Waals surface area (Å²) in [6.07, 6.45) is 2.50. The fourth-order valence-electron chi connectivity index (χ4n) is 2.59. The average molecular weight is 414 g/mol. The van der Waals surface area contributed by atoms with Crippen LogP contribution in [0.5, 0.6) is 5.75 Å². The number of carbonyl (C=O) groups excluding carboxylic acids is 1. The second-order valence-corrected chi connectivity index (χ2v) is 7.13. The minimum Gasteiger partial charge on any atom is -0.493 e. The first-order valence-corrected chi connectivity index (χ1v) is 9.47. The number of anilines is 2. The van der Waals surface area contributed by atoms with Crippen LogP contribution in [0.15, 0.2) is 37.2 Å². The molecule has 160 valence electrons. The van der Waals surface area contributed by atoms with Gasteiger partial charge in [0.2, 0.25) is 5.91 Å². The second kappa shape index (κ2) is 10.3. The van der Waals surface area contributed by atoms with Crippen LogP contribution in [-0.4, -0.2) is 53.2 Å². The molecule has 1 heterocycles. The zero-order valence-corrected chi connectivity index (χ0v) is 17.4. The van der Waals surface area contributed by atoms with Gasteiger partial charge in [-0.25, -0.2) is 14.4 Å². The number of hydrogen-bond acceptors (Lipinski definition) is 7. The van der Waals surface area contributed by atoms with Crippen LogP contribution in [0.4, 0.5) is 16.0 Å². The van der Waals surface area contributed by atoms with Crippen molar-refractivity contribution >= 4 is 23.3 Å². The zero-order valence-electron chi connectivity index (χ0n) is 17.4. The third-order valence-corrected chi connectivity index (χ3v) is 4.16. The minimum atomic E-state index is -0.523. The number of amides is 1. The topological polar surface area (TPSA) is 117 Å². The number of likely N-dealkylation sites (N-methyl/N-ethyl adjacent to an activating group) is 1. The van der Waals surface area contributed by atoms with E-state index in [1.165, 1.54) is 29.4 Å². The Labute approximate surface area is 175 Å². The maximum Gasteiger partial charge on any atom is 0.245 e. The van der Waals surface area contributed by atoms with Gasteiger partial charge >= 0.3 is 0 Å². The van der Waals surface area contributed by atoms with Crippen molar-refractivity contribution in [1.82, 2.24) is 14.9 Å². The molecule has 9 heteroatoms. The molecule has 0 unspecified atom stereocenters. The molecule has 0 fully saturated rings. The Bertz CT molecular complexity index is 932. The number of nitrogens with one attached hydrogen (secondary N) is 2. The summed E-state index contributed by atoms with van der Waals surface area (Å²) in [4.78, 5) is 21.2. The van der Waals surface area contributed by atoms with Gasteiger partial charge in [0.25, 0.3) is 0 Å². The number of hydrogen-bond donors (Lipinski definition) is 3. The lowest BCUT2D eigenvalue weighted by Crippen LogP contribution is -2.30. The molecule has 4 N–H and O–H groups in total. The van der Waals surface area contributed by atoms with E-state index in [9.17, 15) is 9.18 Å². The lowest BCUT2D eigenvalue weighted by Gasteiger charge is -2.18. The van der Waals surface area contributed by atoms with Crippen molar-refractivity contribution in [2.75, 3.05) is 37.8 Å². The molecule has 8 nitrogen and oxygen atoms in total. The van der Waals surface area contributed by atoms with Crippen molar-refractivity contribution < 1.29 is 13.9 Å². The molecule has 2 rings (SSSR count). The summed E-state index contributed by atoms with van der Waals surface area (Å²) in [5.74, 6) is 0.281. The van der Waals surface area contributed by atoms with Crippen molar-refractivity contribution in [3.05, 3.63) is 54.1 Å². The largest absolute Gasteiger partial charge is 0.493 e. The average Bonchev–Trinajstić information content (AvgIpc) is 2.70. The highest BCUT2D eigenvalue weighted by atomic mass is 19.1. The second-order valence-electron chi connectivity index (χ2n) is 7.13. The van der Waals surface area contributed by atoms with Crippen molar-refractivity contribution in [1.29, 1.82) is 5.41 Å². The van der Waals surface area contributed by atoms with E-state index in [0.717, 1.165) is 0 Å². The van der Waals surface area contributed by atoms with Crippen molar-refractivity contribution in [2.45, 2.75) is 13.8 Å². The highest BCUT2D eigenvalue weighted by Crippen LogP contribution is 2.25. The van der Waals surface area contributed by atoms with E-state index < -0.39 is 5.82 Å². The Balaban J connectivity index is 2.25. The predicted octanol–water partition coefficient (Wildman–Crippen LogP) is 2.71. The Morgan fingerprint density at radius 1 is 1.40 bits per heavy atom. The smallest absolute Gasteiger partial charge is 0.245 e. The lowest BCUT2D eigenvalue weighted by molar-refractivity contribution is -0.124. The van der Waals surface area contributed by atoms with Gasteiger partial charge in [0.1, 0.15) is 29.5 Å². The Morgan fingerprint density at radius 2 is 2.13 bits per heavy atom. The molecule has 0 atom stereocenters. The summed E-state index contributed by atoms with van der Waals surface area (Å²) < 4.78 is 19.7. The molecule has 30 heavy (non-hydrogen) atoms. The number of ether oxygens (including phenoxy) is 1. The first-order valence-electron chi connectivity index (χ1n) is 9.47. The third kappa shape index (κ3) is 6.00. The Hall–Kier alpha value is -3.49. The number of nitrogen functional groups attached to an aromatic ring is 1. The zero-order chi connectivity index (χ0) is 22.3. The Morgan fingerprint density at radius 3 is 2.80 bits per heavy atom. The molecular formula is C21H27FN6O2. The van der Waals surface area contributed by atoms with Crippen LogP contribution in [-0.2, 0) is 4.79 Å². The van der Waals surface area contributed by atoms with Gasteiger partial charge in [0.15, 0.2) is 0 Å². The van der Waals surface area contributed by atoms with Crippen LogP contribution in [0.3, 0.4) is 0 Å². The lowest BCUT2D eigenvalue weighted by atomic mass is 10.0. The number of aromatic nitrogens is 2. The number of rotatable bonds is 10. The maximum absolute atomic E-state index is 14.1. The van der Waals surface area contributed by atoms with Gasteiger partial charge in [0, 0.05) is 31.8 Å². The summed E-state index contributed by atoms with van der Waals surface area (Å²) in [5, 5.41) is 11.6. The maximum atomic E-state index is 14.1. The van der Waals surface area contributed by atoms with E-state index in [1.807, 2.05) is 13.8 Å². The van der Waals surface area contributed by atoms with Gasteiger partial charge in [-0.3, -0.25) is 10.2 Å². The number of carbonyl (C=O) groups is 1. The molecule has 0 aliphatic heterocycles. The van der Waals surface area contributed by atoms with E-state index in [4.69, 9.17) is 15.9 Å². The van der Waals surface area contributed by atoms with Crippen LogP contribution in [0, 0.1) is 17.1 Å². The number of halogens is 1. The molecule has 1 amide bonds. The Kier molecular flexibility index (Phi) is 7.85. The SMILES string of the molecule is C=CC(=O)N(C)CCNc1ncnc(N)c1C(=N)c1cc(F)cc(OCC(C)C)c1. The minimum absolute atomic E-state index is 0.0416. The number of benzene rings is 1. The van der Waals surface area contributed by atoms with E-state index in [0.29, 0.717) is 31.3 Å². The van der Waals surface area contributed by atoms with Crippen molar-refractivity contribution in [2.24, 2.45) is 5.92 Å². The third-order valence-electron chi connectivity index (χ3n) is 4.16. The standard InChI is InChI=1S/C21H27FN6O2/c1-5-17(29)28(4)7-6-25-21-18(20(24)26-12-27-21)19(23)14-8-15(22)10-16(9-14)30-11-13(2)3/h5,8-10,12-13,23H,1,6-7,11H2,2-4H3,(H3,24,25,26,27). The van der Waals surface area contributed by atoms with Crippen LogP contribution in [0.25, 0.3) is 0 Å². The van der Waals surface area contributed by atoms with E-state index >= 15 is 0 Å². The first kappa shape index (κ1) is 22.8. The molecule has 0 spiro atoms.